The zero-order valence-electron chi connectivity index (χ0n) is 21.2. The van der Waals surface area contributed by atoms with Crippen molar-refractivity contribution in [1.82, 2.24) is 0 Å². The largest absolute Gasteiger partial charge is 0.0625 e. The number of hydrogen-bond donors (Lipinski definition) is 0. The summed E-state index contributed by atoms with van der Waals surface area (Å²) in [7, 11) is 0. The lowest BCUT2D eigenvalue weighted by molar-refractivity contribution is 0.603. The van der Waals surface area contributed by atoms with Gasteiger partial charge in [-0.15, -0.1) is 0 Å². The molecule has 0 saturated carbocycles. The SMILES string of the molecule is CC(C)Cc1cccc(C(C)c2cccc(CC(C)C)c2CC(C)C)c1CC(C)C. The highest BCUT2D eigenvalue weighted by molar-refractivity contribution is 5.47. The Kier molecular flexibility index (Phi) is 9.20. The van der Waals surface area contributed by atoms with E-state index >= 15 is 0 Å². The summed E-state index contributed by atoms with van der Waals surface area (Å²) in [5.41, 5.74) is 9.44. The second-order valence-corrected chi connectivity index (χ2v) is 11.1. The molecule has 0 N–H and O–H groups in total. The summed E-state index contributed by atoms with van der Waals surface area (Å²) in [6.45, 7) is 21.2. The van der Waals surface area contributed by atoms with Crippen LogP contribution in [0.2, 0.25) is 0 Å². The van der Waals surface area contributed by atoms with Crippen LogP contribution in [0.3, 0.4) is 0 Å². The maximum atomic E-state index is 2.44. The molecule has 0 unspecified atom stereocenters. The highest BCUT2D eigenvalue weighted by Gasteiger charge is 2.21. The molecule has 0 aliphatic rings. The molecule has 0 spiro atoms. The molecule has 0 fully saturated rings. The van der Waals surface area contributed by atoms with Crippen LogP contribution in [0.1, 0.15) is 102 Å². The van der Waals surface area contributed by atoms with Crippen molar-refractivity contribution in [2.24, 2.45) is 23.7 Å². The van der Waals surface area contributed by atoms with E-state index in [0.29, 0.717) is 29.6 Å². The van der Waals surface area contributed by atoms with Gasteiger partial charge in [0, 0.05) is 5.92 Å². The fourth-order valence-electron chi connectivity index (χ4n) is 4.86. The third kappa shape index (κ3) is 6.73. The second-order valence-electron chi connectivity index (χ2n) is 11.1. The summed E-state index contributed by atoms with van der Waals surface area (Å²) in [6.07, 6.45) is 4.70. The molecule has 0 heteroatoms. The van der Waals surface area contributed by atoms with Gasteiger partial charge in [-0.1, -0.05) is 98.7 Å². The number of hydrogen-bond acceptors (Lipinski definition) is 0. The fraction of sp³-hybridized carbons (Fsp3) is 0.600. The summed E-state index contributed by atoms with van der Waals surface area (Å²) < 4.78 is 0. The Balaban J connectivity index is 2.60. The van der Waals surface area contributed by atoms with Crippen molar-refractivity contribution in [3.05, 3.63) is 69.8 Å². The molecule has 2 rings (SSSR count). The van der Waals surface area contributed by atoms with Gasteiger partial charge in [0.25, 0.3) is 0 Å². The van der Waals surface area contributed by atoms with Gasteiger partial charge in [-0.3, -0.25) is 0 Å². The van der Waals surface area contributed by atoms with E-state index in [0.717, 1.165) is 0 Å². The zero-order valence-corrected chi connectivity index (χ0v) is 21.2. The van der Waals surface area contributed by atoms with Crippen LogP contribution in [-0.4, -0.2) is 0 Å². The molecule has 0 aliphatic carbocycles. The molecule has 2 aromatic carbocycles. The smallest absolute Gasteiger partial charge is 0.00666 e. The van der Waals surface area contributed by atoms with E-state index in [-0.39, 0.29) is 0 Å². The molecule has 30 heavy (non-hydrogen) atoms. The van der Waals surface area contributed by atoms with Crippen molar-refractivity contribution in [3.8, 4) is 0 Å². The molecule has 0 saturated heterocycles. The Bertz CT molecular complexity index is 724. The first-order valence-electron chi connectivity index (χ1n) is 12.3. The van der Waals surface area contributed by atoms with Crippen molar-refractivity contribution in [3.63, 3.8) is 0 Å². The maximum absolute atomic E-state index is 2.44. The molecule has 0 atom stereocenters. The monoisotopic (exact) mass is 406 g/mol. The third-order valence-electron chi connectivity index (χ3n) is 6.03. The summed E-state index contributed by atoms with van der Waals surface area (Å²) >= 11 is 0. The lowest BCUT2D eigenvalue weighted by atomic mass is 9.79. The van der Waals surface area contributed by atoms with Crippen LogP contribution in [-0.2, 0) is 25.7 Å². The predicted molar refractivity (Wildman–Crippen MR) is 135 cm³/mol. The van der Waals surface area contributed by atoms with Crippen LogP contribution >= 0.6 is 0 Å². The van der Waals surface area contributed by atoms with E-state index in [9.17, 15) is 0 Å². The van der Waals surface area contributed by atoms with E-state index in [1.807, 2.05) is 0 Å². The molecule has 0 aliphatic heterocycles. The molecule has 0 amide bonds. The van der Waals surface area contributed by atoms with Crippen molar-refractivity contribution >= 4 is 0 Å². The highest BCUT2D eigenvalue weighted by atomic mass is 14.3. The van der Waals surface area contributed by atoms with E-state index in [2.05, 4.69) is 98.7 Å². The molecule has 0 heterocycles. The van der Waals surface area contributed by atoms with Crippen LogP contribution in [0, 0.1) is 23.7 Å². The minimum Gasteiger partial charge on any atom is -0.0625 e. The fourth-order valence-corrected chi connectivity index (χ4v) is 4.86. The standard InChI is InChI=1S/C30H46/c1-20(2)16-25-12-10-14-27(29(25)18-22(5)6)24(9)28-15-11-13-26(17-21(3)4)30(28)19-23(7)8/h10-15,20-24H,16-19H2,1-9H3. The van der Waals surface area contributed by atoms with E-state index in [4.69, 9.17) is 0 Å². The minimum atomic E-state index is 0.437. The first-order chi connectivity index (χ1) is 14.1. The third-order valence-corrected chi connectivity index (χ3v) is 6.03. The van der Waals surface area contributed by atoms with Crippen molar-refractivity contribution in [2.75, 3.05) is 0 Å². The van der Waals surface area contributed by atoms with Crippen LogP contribution in [0.4, 0.5) is 0 Å². The molecule has 0 radical (unpaired) electrons. The lowest BCUT2D eigenvalue weighted by Gasteiger charge is -2.26. The first-order valence-corrected chi connectivity index (χ1v) is 12.3. The topological polar surface area (TPSA) is 0 Å². The molecule has 166 valence electrons. The van der Waals surface area contributed by atoms with E-state index in [1.54, 1.807) is 33.4 Å². The van der Waals surface area contributed by atoms with Crippen LogP contribution in [0.25, 0.3) is 0 Å². The number of benzene rings is 2. The molecule has 2 aromatic rings. The van der Waals surface area contributed by atoms with Gasteiger partial charge in [0.15, 0.2) is 0 Å². The quantitative estimate of drug-likeness (QED) is 0.370. The summed E-state index contributed by atoms with van der Waals surface area (Å²) in [5, 5.41) is 0. The van der Waals surface area contributed by atoms with Gasteiger partial charge >= 0.3 is 0 Å². The lowest BCUT2D eigenvalue weighted by Crippen LogP contribution is -2.13. The highest BCUT2D eigenvalue weighted by Crippen LogP contribution is 2.35. The average Bonchev–Trinajstić information content (AvgIpc) is 2.62. The van der Waals surface area contributed by atoms with Crippen LogP contribution in [0.5, 0.6) is 0 Å². The second kappa shape index (κ2) is 11.2. The van der Waals surface area contributed by atoms with Crippen molar-refractivity contribution in [2.45, 2.75) is 93.9 Å². The Labute approximate surface area is 187 Å². The number of rotatable bonds is 10. The molecule has 0 bridgehead atoms. The summed E-state index contributed by atoms with van der Waals surface area (Å²) in [5.74, 6) is 3.16. The van der Waals surface area contributed by atoms with Gasteiger partial charge in [0.1, 0.15) is 0 Å². The molecule has 0 nitrogen and oxygen atoms in total. The predicted octanol–water partition coefficient (Wildman–Crippen LogP) is 8.63. The maximum Gasteiger partial charge on any atom is 0.00666 e. The zero-order chi connectivity index (χ0) is 22.4. The van der Waals surface area contributed by atoms with Crippen molar-refractivity contribution < 1.29 is 0 Å². The molecular weight excluding hydrogens is 360 g/mol. The van der Waals surface area contributed by atoms with Gasteiger partial charge in [-0.25, -0.2) is 0 Å². The molecule has 0 aromatic heterocycles. The Morgan fingerprint density at radius 1 is 0.467 bits per heavy atom. The molecular formula is C30H46. The van der Waals surface area contributed by atoms with E-state index in [1.165, 1.54) is 25.7 Å². The van der Waals surface area contributed by atoms with Gasteiger partial charge in [-0.2, -0.15) is 0 Å². The normalized spacial score (nSPS) is 12.2. The first kappa shape index (κ1) is 24.7. The average molecular weight is 407 g/mol. The van der Waals surface area contributed by atoms with Gasteiger partial charge in [0.2, 0.25) is 0 Å². The van der Waals surface area contributed by atoms with E-state index < -0.39 is 0 Å². The Morgan fingerprint density at radius 3 is 1.10 bits per heavy atom. The van der Waals surface area contributed by atoms with Crippen molar-refractivity contribution in [1.29, 1.82) is 0 Å². The van der Waals surface area contributed by atoms with Gasteiger partial charge in [0.05, 0.1) is 0 Å². The Morgan fingerprint density at radius 2 is 0.800 bits per heavy atom. The summed E-state index contributed by atoms with van der Waals surface area (Å²) in [4.78, 5) is 0. The van der Waals surface area contributed by atoms with Gasteiger partial charge < -0.3 is 0 Å². The minimum absolute atomic E-state index is 0.437. The van der Waals surface area contributed by atoms with Crippen LogP contribution in [0.15, 0.2) is 36.4 Å². The van der Waals surface area contributed by atoms with Crippen LogP contribution < -0.4 is 0 Å². The van der Waals surface area contributed by atoms with Gasteiger partial charge in [-0.05, 0) is 82.7 Å². The Hall–Kier alpha value is -1.56. The summed E-state index contributed by atoms with van der Waals surface area (Å²) in [6, 6.07) is 14.2.